The number of pyridine rings is 1. The molecule has 3 rings (SSSR count). The number of hydrogen-bond acceptors (Lipinski definition) is 5. The SMILES string of the molecule is CC(C)n1c(/C=C/C(O)CC(O)CC(=O)[O-])c(-c2ccc(F)cc2)c2ccccc2c1=O.[Na+]. The van der Waals surface area contributed by atoms with Gasteiger partial charge < -0.3 is 24.7 Å². The van der Waals surface area contributed by atoms with Gasteiger partial charge in [0.2, 0.25) is 0 Å². The van der Waals surface area contributed by atoms with E-state index in [-0.39, 0.29) is 53.4 Å². The fourth-order valence-corrected chi connectivity index (χ4v) is 3.82. The van der Waals surface area contributed by atoms with Crippen LogP contribution in [0, 0.1) is 5.82 Å². The summed E-state index contributed by atoms with van der Waals surface area (Å²) in [7, 11) is 0. The van der Waals surface area contributed by atoms with E-state index in [1.54, 1.807) is 34.9 Å². The van der Waals surface area contributed by atoms with Crippen LogP contribution in [0.5, 0.6) is 0 Å². The van der Waals surface area contributed by atoms with Gasteiger partial charge in [-0.15, -0.1) is 0 Å². The second kappa shape index (κ2) is 11.7. The van der Waals surface area contributed by atoms with Crippen LogP contribution < -0.4 is 40.2 Å². The minimum absolute atomic E-state index is 0. The predicted octanol–water partition coefficient (Wildman–Crippen LogP) is -0.342. The fourth-order valence-electron chi connectivity index (χ4n) is 3.82. The Morgan fingerprint density at radius 3 is 2.27 bits per heavy atom. The Labute approximate surface area is 213 Å². The number of hydrogen-bond donors (Lipinski definition) is 2. The molecule has 6 nitrogen and oxygen atoms in total. The van der Waals surface area contributed by atoms with E-state index in [9.17, 15) is 29.3 Å². The van der Waals surface area contributed by atoms with E-state index >= 15 is 0 Å². The summed E-state index contributed by atoms with van der Waals surface area (Å²) in [6, 6.07) is 12.9. The van der Waals surface area contributed by atoms with Gasteiger partial charge in [-0.3, -0.25) is 4.79 Å². The van der Waals surface area contributed by atoms with E-state index in [0.717, 1.165) is 0 Å². The summed E-state index contributed by atoms with van der Waals surface area (Å²) in [6.07, 6.45) is -0.196. The summed E-state index contributed by atoms with van der Waals surface area (Å²) < 4.78 is 15.2. The number of carbonyl (C=O) groups excluding carboxylic acids is 1. The molecule has 2 N–H and O–H groups in total. The number of benzene rings is 2. The first-order chi connectivity index (χ1) is 15.2. The first kappa shape index (κ1) is 27.0. The van der Waals surface area contributed by atoms with Crippen LogP contribution in [0.15, 0.2) is 59.4 Å². The van der Waals surface area contributed by atoms with E-state index in [0.29, 0.717) is 27.6 Å². The summed E-state index contributed by atoms with van der Waals surface area (Å²) >= 11 is 0. The maximum Gasteiger partial charge on any atom is 1.00 e. The smallest absolute Gasteiger partial charge is 0.550 e. The summed E-state index contributed by atoms with van der Waals surface area (Å²) in [5.74, 6) is -1.79. The van der Waals surface area contributed by atoms with E-state index < -0.39 is 24.6 Å². The van der Waals surface area contributed by atoms with Crippen molar-refractivity contribution in [2.75, 3.05) is 0 Å². The molecule has 0 fully saturated rings. The van der Waals surface area contributed by atoms with Crippen molar-refractivity contribution in [1.82, 2.24) is 4.57 Å². The molecule has 0 saturated carbocycles. The Balaban J connectivity index is 0.00000385. The number of halogens is 1. The Morgan fingerprint density at radius 2 is 1.70 bits per heavy atom. The van der Waals surface area contributed by atoms with Gasteiger partial charge in [-0.2, -0.15) is 0 Å². The standard InChI is InChI=1S/C25H26FNO5.Na/c1-15(2)27-22(12-11-18(28)13-19(29)14-23(30)31)24(16-7-9-17(26)10-8-16)20-5-3-4-6-21(20)25(27)32;/h3-12,15,18-19,28-29H,13-14H2,1-2H3,(H,30,31);/q;+1/p-1/b12-11+;. The van der Waals surface area contributed by atoms with Crippen molar-refractivity contribution in [2.45, 2.75) is 44.9 Å². The molecule has 0 aliphatic heterocycles. The zero-order chi connectivity index (χ0) is 23.4. The van der Waals surface area contributed by atoms with E-state index in [4.69, 9.17) is 0 Å². The molecule has 8 heteroatoms. The Kier molecular flexibility index (Phi) is 9.57. The average molecular weight is 461 g/mol. The molecule has 0 spiro atoms. The zero-order valence-corrected chi connectivity index (χ0v) is 20.9. The van der Waals surface area contributed by atoms with Crippen LogP contribution in [0.1, 0.15) is 38.4 Å². The molecule has 1 aromatic heterocycles. The van der Waals surface area contributed by atoms with Gasteiger partial charge in [0.25, 0.3) is 5.56 Å². The molecule has 0 saturated heterocycles. The third-order valence-electron chi connectivity index (χ3n) is 5.20. The number of carboxylic acids is 1. The maximum absolute atomic E-state index is 13.6. The van der Waals surface area contributed by atoms with Crippen LogP contribution in [0.3, 0.4) is 0 Å². The van der Waals surface area contributed by atoms with Gasteiger partial charge in [0.1, 0.15) is 5.82 Å². The van der Waals surface area contributed by atoms with Gasteiger partial charge in [-0.05, 0) is 49.1 Å². The van der Waals surface area contributed by atoms with Crippen LogP contribution in [-0.4, -0.2) is 33.0 Å². The van der Waals surface area contributed by atoms with Gasteiger partial charge in [0.15, 0.2) is 0 Å². The minimum Gasteiger partial charge on any atom is -0.550 e. The number of rotatable bonds is 8. The molecule has 0 bridgehead atoms. The van der Waals surface area contributed by atoms with Crippen molar-refractivity contribution < 1.29 is 54.1 Å². The molecule has 1 heterocycles. The Bertz CT molecular complexity index is 1200. The second-order valence-corrected chi connectivity index (χ2v) is 7.97. The van der Waals surface area contributed by atoms with Gasteiger partial charge in [0.05, 0.1) is 17.9 Å². The van der Waals surface area contributed by atoms with Gasteiger partial charge in [0, 0.05) is 35.8 Å². The minimum atomic E-state index is -1.41. The number of aliphatic hydroxyl groups is 2. The van der Waals surface area contributed by atoms with Crippen molar-refractivity contribution in [3.05, 3.63) is 76.5 Å². The number of nitrogens with zero attached hydrogens (tertiary/aromatic N) is 1. The summed E-state index contributed by atoms with van der Waals surface area (Å²) in [5, 5.41) is 31.9. The van der Waals surface area contributed by atoms with E-state index in [1.165, 1.54) is 18.2 Å². The average Bonchev–Trinajstić information content (AvgIpc) is 2.72. The zero-order valence-electron chi connectivity index (χ0n) is 18.9. The number of fused-ring (bicyclic) bond motifs is 1. The topological polar surface area (TPSA) is 103 Å². The predicted molar refractivity (Wildman–Crippen MR) is 119 cm³/mol. The Morgan fingerprint density at radius 1 is 1.09 bits per heavy atom. The molecule has 33 heavy (non-hydrogen) atoms. The fraction of sp³-hybridized carbons (Fsp3) is 0.280. The van der Waals surface area contributed by atoms with Crippen molar-refractivity contribution in [2.24, 2.45) is 0 Å². The van der Waals surface area contributed by atoms with Crippen LogP contribution in [0.2, 0.25) is 0 Å². The maximum atomic E-state index is 13.6. The second-order valence-electron chi connectivity index (χ2n) is 7.97. The van der Waals surface area contributed by atoms with E-state index in [2.05, 4.69) is 0 Å². The summed E-state index contributed by atoms with van der Waals surface area (Å²) in [5.41, 5.74) is 1.71. The molecular formula is C25H25FNNaO5. The number of carboxylic acid groups (broad SMARTS) is 1. The van der Waals surface area contributed by atoms with Crippen LogP contribution in [-0.2, 0) is 4.79 Å². The molecule has 2 unspecified atom stereocenters. The molecule has 3 aromatic rings. The summed E-state index contributed by atoms with van der Waals surface area (Å²) in [6.45, 7) is 3.73. The molecule has 168 valence electrons. The molecule has 0 radical (unpaired) electrons. The van der Waals surface area contributed by atoms with Crippen LogP contribution in [0.4, 0.5) is 4.39 Å². The third-order valence-corrected chi connectivity index (χ3v) is 5.20. The quantitative estimate of drug-likeness (QED) is 0.447. The molecule has 2 atom stereocenters. The Hall–Kier alpha value is -2.29. The monoisotopic (exact) mass is 461 g/mol. The number of aliphatic carboxylic acids is 1. The number of carbonyl (C=O) groups is 1. The molecule has 2 aromatic carbocycles. The number of aliphatic hydroxyl groups excluding tert-OH is 2. The van der Waals surface area contributed by atoms with Gasteiger partial charge in [-0.1, -0.05) is 36.4 Å². The largest absolute Gasteiger partial charge is 1.00 e. The first-order valence-corrected chi connectivity index (χ1v) is 10.4. The molecule has 0 aliphatic rings. The van der Waals surface area contributed by atoms with Crippen molar-refractivity contribution >= 4 is 22.8 Å². The van der Waals surface area contributed by atoms with Crippen LogP contribution in [0.25, 0.3) is 28.0 Å². The van der Waals surface area contributed by atoms with E-state index in [1.807, 2.05) is 26.0 Å². The van der Waals surface area contributed by atoms with Crippen LogP contribution >= 0.6 is 0 Å². The van der Waals surface area contributed by atoms with Crippen molar-refractivity contribution in [1.29, 1.82) is 0 Å². The number of aromatic nitrogens is 1. The first-order valence-electron chi connectivity index (χ1n) is 10.4. The van der Waals surface area contributed by atoms with Crippen molar-refractivity contribution in [3.8, 4) is 11.1 Å². The molecular weight excluding hydrogens is 436 g/mol. The molecule has 0 aliphatic carbocycles. The summed E-state index contributed by atoms with van der Waals surface area (Å²) in [4.78, 5) is 23.9. The van der Waals surface area contributed by atoms with Crippen molar-refractivity contribution in [3.63, 3.8) is 0 Å². The van der Waals surface area contributed by atoms with Gasteiger partial charge >= 0.3 is 29.6 Å². The van der Waals surface area contributed by atoms with Gasteiger partial charge in [-0.25, -0.2) is 4.39 Å². The molecule has 0 amide bonds. The third kappa shape index (κ3) is 6.40. The normalized spacial score (nSPS) is 13.3.